The van der Waals surface area contributed by atoms with E-state index in [1.54, 1.807) is 20.8 Å². The van der Waals surface area contributed by atoms with Gasteiger partial charge in [0, 0.05) is 53.9 Å². The number of carbonyl (C=O) groups is 4. The molecule has 1 saturated carbocycles. The summed E-state index contributed by atoms with van der Waals surface area (Å²) in [4.78, 5) is 53.6. The molecule has 2 saturated heterocycles. The average Bonchev–Trinajstić information content (AvgIpc) is 3.63. The van der Waals surface area contributed by atoms with E-state index in [4.69, 9.17) is 47.4 Å². The standard InChI is InChI=1S/C44H64O24/c1-6-20-22(25(39(57)59-4)16-62-41(20)67-43-37(55)35(53)33(51)28(13-47)65-43)9-30(49)61-15-24-18(3)8-27(32(24)19(11-45)12-46)64-31(50)10-23-21(7-2)42(63-17-26(23)40(58)60-5)68-44-38(56)36(54)34(52)29(14-48)66-44/h6-7,16-19,22-24,27-29,32-38,41-48,51-56H,8-15H2,1-5H3/b20-6-,21-7-/t18-,22-,23-,24+,27-,28+,29+,32-,33+,34+,35-,36-,37+,38+,41-,42-,43-,44-/m0/s1. The number of aliphatic hydroxyl groups excluding tert-OH is 10. The molecule has 0 radical (unpaired) electrons. The lowest BCUT2D eigenvalue weighted by molar-refractivity contribution is -0.327. The van der Waals surface area contributed by atoms with Crippen LogP contribution in [0.1, 0.15) is 40.0 Å². The maximum Gasteiger partial charge on any atom is 0.337 e. The first-order valence-electron chi connectivity index (χ1n) is 22.1. The summed E-state index contributed by atoms with van der Waals surface area (Å²) < 4.78 is 55.5. The number of hydrogen-bond donors (Lipinski definition) is 10. The van der Waals surface area contributed by atoms with Crippen LogP contribution in [0.5, 0.6) is 0 Å². The van der Waals surface area contributed by atoms with Gasteiger partial charge in [0.05, 0.1) is 70.6 Å². The molecule has 5 aliphatic rings. The normalized spacial score (nSPS) is 38.5. The summed E-state index contributed by atoms with van der Waals surface area (Å²) in [6.45, 7) is 2.07. The van der Waals surface area contributed by atoms with E-state index in [0.29, 0.717) is 0 Å². The highest BCUT2D eigenvalue weighted by molar-refractivity contribution is 5.91. The van der Waals surface area contributed by atoms with Gasteiger partial charge in [-0.05, 0) is 26.2 Å². The summed E-state index contributed by atoms with van der Waals surface area (Å²) in [6.07, 6.45) is -16.0. The fourth-order valence-corrected chi connectivity index (χ4v) is 9.36. The number of hydrogen-bond acceptors (Lipinski definition) is 24. The SMILES string of the molecule is C/C=C1\[C@H](O[C@@H]2O[C@H](CO)[C@@H](O)[C@H](O)[C@H]2O)OC=C(C(=O)OC)[C@H]1CC(=O)OC[C@H]1[C@H](C(CO)CO)[C@@H](OC(=O)C[C@@H]2C(C(=O)OC)=CO[C@@H](O[C@@H]3O[C@H](CO)[C@@H](O)[C@H](O)[C@H]3O)/C2=C\C)C[C@@H]1C. The maximum atomic E-state index is 13.9. The first-order valence-corrected chi connectivity index (χ1v) is 22.1. The number of rotatable bonds is 18. The molecular formula is C44H64O24. The van der Waals surface area contributed by atoms with Gasteiger partial charge in [-0.25, -0.2) is 9.59 Å². The van der Waals surface area contributed by atoms with Crippen LogP contribution in [0, 0.1) is 35.5 Å². The Labute approximate surface area is 390 Å². The lowest BCUT2D eigenvalue weighted by Crippen LogP contribution is -2.60. The van der Waals surface area contributed by atoms with E-state index >= 15 is 0 Å². The molecule has 4 heterocycles. The van der Waals surface area contributed by atoms with Crippen LogP contribution in [-0.4, -0.2) is 202 Å². The molecule has 4 aliphatic heterocycles. The van der Waals surface area contributed by atoms with Crippen molar-refractivity contribution in [3.8, 4) is 0 Å². The van der Waals surface area contributed by atoms with Gasteiger partial charge in [-0.1, -0.05) is 19.1 Å². The second-order valence-corrected chi connectivity index (χ2v) is 17.1. The van der Waals surface area contributed by atoms with E-state index < -0.39 is 173 Å². The number of allylic oxidation sites excluding steroid dienone is 2. The third-order valence-corrected chi connectivity index (χ3v) is 13.2. The molecule has 10 N–H and O–H groups in total. The molecule has 24 nitrogen and oxygen atoms in total. The van der Waals surface area contributed by atoms with Crippen molar-refractivity contribution in [1.29, 1.82) is 0 Å². The molecule has 68 heavy (non-hydrogen) atoms. The van der Waals surface area contributed by atoms with E-state index in [-0.39, 0.29) is 41.2 Å². The van der Waals surface area contributed by atoms with Crippen molar-refractivity contribution >= 4 is 23.9 Å². The lowest BCUT2D eigenvalue weighted by Gasteiger charge is -2.42. The number of aliphatic hydroxyl groups is 10. The molecule has 5 rings (SSSR count). The highest BCUT2D eigenvalue weighted by atomic mass is 16.8. The second kappa shape index (κ2) is 24.6. The topological polar surface area (TPSA) is 363 Å². The third kappa shape index (κ3) is 11.9. The molecular weight excluding hydrogens is 912 g/mol. The van der Waals surface area contributed by atoms with Gasteiger partial charge in [-0.2, -0.15) is 0 Å². The summed E-state index contributed by atoms with van der Waals surface area (Å²) in [5.74, 6) is -8.16. The monoisotopic (exact) mass is 976 g/mol. The van der Waals surface area contributed by atoms with E-state index in [2.05, 4.69) is 0 Å². The first kappa shape index (κ1) is 54.8. The van der Waals surface area contributed by atoms with Crippen molar-refractivity contribution in [2.45, 2.75) is 120 Å². The van der Waals surface area contributed by atoms with E-state index in [9.17, 15) is 70.2 Å². The molecule has 18 atom stereocenters. The summed E-state index contributed by atoms with van der Waals surface area (Å²) in [5, 5.41) is 102. The van der Waals surface area contributed by atoms with Gasteiger partial charge < -0.3 is 98.4 Å². The zero-order valence-corrected chi connectivity index (χ0v) is 38.1. The van der Waals surface area contributed by atoms with Gasteiger partial charge in [-0.15, -0.1) is 0 Å². The fraction of sp³-hybridized carbons (Fsp3) is 0.727. The van der Waals surface area contributed by atoms with Crippen LogP contribution in [-0.2, 0) is 66.5 Å². The lowest BCUT2D eigenvalue weighted by atomic mass is 9.81. The highest BCUT2D eigenvalue weighted by Crippen LogP contribution is 2.45. The van der Waals surface area contributed by atoms with Gasteiger partial charge in [-0.3, -0.25) is 9.59 Å². The third-order valence-electron chi connectivity index (χ3n) is 13.2. The van der Waals surface area contributed by atoms with Crippen molar-refractivity contribution in [2.24, 2.45) is 35.5 Å². The molecule has 0 aromatic carbocycles. The Kier molecular flexibility index (Phi) is 19.9. The van der Waals surface area contributed by atoms with Crippen molar-refractivity contribution in [3.05, 3.63) is 47.0 Å². The smallest absolute Gasteiger partial charge is 0.337 e. The van der Waals surface area contributed by atoms with Crippen LogP contribution in [0.4, 0.5) is 0 Å². The number of carbonyl (C=O) groups excluding carboxylic acids is 4. The number of ether oxygens (including phenoxy) is 10. The van der Waals surface area contributed by atoms with Crippen LogP contribution in [0.3, 0.4) is 0 Å². The Hall–Kier alpha value is -4.12. The number of esters is 4. The molecule has 384 valence electrons. The van der Waals surface area contributed by atoms with E-state index in [1.165, 1.54) is 12.2 Å². The van der Waals surface area contributed by atoms with E-state index in [0.717, 1.165) is 26.7 Å². The Morgan fingerprint density at radius 3 is 1.51 bits per heavy atom. The Bertz CT molecular complexity index is 1860. The molecule has 24 heteroatoms. The van der Waals surface area contributed by atoms with E-state index in [1.807, 2.05) is 0 Å². The minimum absolute atomic E-state index is 0.103. The van der Waals surface area contributed by atoms with Crippen molar-refractivity contribution in [1.82, 2.24) is 0 Å². The van der Waals surface area contributed by atoms with Crippen molar-refractivity contribution < 1.29 is 118 Å². The fourth-order valence-electron chi connectivity index (χ4n) is 9.36. The van der Waals surface area contributed by atoms with Gasteiger partial charge in [0.1, 0.15) is 54.9 Å². The predicted molar refractivity (Wildman–Crippen MR) is 223 cm³/mol. The molecule has 3 fully saturated rings. The average molecular weight is 977 g/mol. The molecule has 0 bridgehead atoms. The Balaban J connectivity index is 1.29. The van der Waals surface area contributed by atoms with Gasteiger partial charge >= 0.3 is 23.9 Å². The first-order chi connectivity index (χ1) is 32.4. The summed E-state index contributed by atoms with van der Waals surface area (Å²) in [7, 11) is 2.23. The van der Waals surface area contributed by atoms with Crippen LogP contribution in [0.25, 0.3) is 0 Å². The zero-order chi connectivity index (χ0) is 50.1. The van der Waals surface area contributed by atoms with Crippen molar-refractivity contribution in [2.75, 3.05) is 47.3 Å². The van der Waals surface area contributed by atoms with Crippen molar-refractivity contribution in [3.63, 3.8) is 0 Å². The summed E-state index contributed by atoms with van der Waals surface area (Å²) >= 11 is 0. The number of methoxy groups -OCH3 is 2. The molecule has 0 unspecified atom stereocenters. The van der Waals surface area contributed by atoms with Crippen LogP contribution < -0.4 is 0 Å². The van der Waals surface area contributed by atoms with Crippen LogP contribution in [0.15, 0.2) is 47.0 Å². The molecule has 0 aromatic rings. The predicted octanol–water partition coefficient (Wildman–Crippen LogP) is -3.32. The highest BCUT2D eigenvalue weighted by Gasteiger charge is 2.51. The molecule has 0 aromatic heterocycles. The molecule has 0 spiro atoms. The maximum absolute atomic E-state index is 13.9. The largest absolute Gasteiger partial charge is 0.468 e. The van der Waals surface area contributed by atoms with Gasteiger partial charge in [0.25, 0.3) is 0 Å². The summed E-state index contributed by atoms with van der Waals surface area (Å²) in [6, 6.07) is 0. The van der Waals surface area contributed by atoms with Gasteiger partial charge in [0.2, 0.25) is 12.6 Å². The van der Waals surface area contributed by atoms with Crippen LogP contribution in [0.2, 0.25) is 0 Å². The van der Waals surface area contributed by atoms with Crippen LogP contribution >= 0.6 is 0 Å². The minimum Gasteiger partial charge on any atom is -0.468 e. The van der Waals surface area contributed by atoms with Gasteiger partial charge in [0.15, 0.2) is 12.6 Å². The Morgan fingerprint density at radius 2 is 1.12 bits per heavy atom. The second-order valence-electron chi connectivity index (χ2n) is 17.1. The zero-order valence-electron chi connectivity index (χ0n) is 38.1. The minimum atomic E-state index is -1.80. The Morgan fingerprint density at radius 1 is 0.676 bits per heavy atom. The quantitative estimate of drug-likeness (QED) is 0.0365. The molecule has 0 amide bonds. The molecule has 1 aliphatic carbocycles. The summed E-state index contributed by atoms with van der Waals surface area (Å²) in [5.41, 5.74) is 0.144.